The molecular weight excluding hydrogens is 374 g/mol. The number of methoxy groups -OCH3 is 1. The SMILES string of the molecule is COc1cccc([N+](=O)[O-])c1C=C1C(=O)NC(C)(Cc2ccccc2)C(=O)N1C. The predicted molar refractivity (Wildman–Crippen MR) is 107 cm³/mol. The van der Waals surface area contributed by atoms with Crippen LogP contribution in [0.1, 0.15) is 18.1 Å². The van der Waals surface area contributed by atoms with E-state index >= 15 is 0 Å². The molecule has 0 saturated carbocycles. The number of hydrogen-bond acceptors (Lipinski definition) is 5. The van der Waals surface area contributed by atoms with Crippen molar-refractivity contribution in [3.63, 3.8) is 0 Å². The van der Waals surface area contributed by atoms with Crippen LogP contribution in [0.2, 0.25) is 0 Å². The van der Waals surface area contributed by atoms with Crippen molar-refractivity contribution >= 4 is 23.6 Å². The van der Waals surface area contributed by atoms with Crippen LogP contribution in [0, 0.1) is 10.1 Å². The van der Waals surface area contributed by atoms with Crippen LogP contribution in [0.4, 0.5) is 5.69 Å². The molecule has 2 aromatic rings. The van der Waals surface area contributed by atoms with Crippen LogP contribution < -0.4 is 10.1 Å². The molecule has 2 amide bonds. The highest BCUT2D eigenvalue weighted by atomic mass is 16.6. The summed E-state index contributed by atoms with van der Waals surface area (Å²) in [6.45, 7) is 1.67. The lowest BCUT2D eigenvalue weighted by atomic mass is 9.88. The molecule has 0 aromatic heterocycles. The standard InChI is InChI=1S/C21H21N3O5/c1-21(13-14-8-5-4-6-9-14)20(26)23(2)17(19(25)22-21)12-15-16(24(27)28)10-7-11-18(15)29-3/h4-12H,13H2,1-3H3,(H,22,25). The van der Waals surface area contributed by atoms with E-state index in [0.717, 1.165) is 5.56 Å². The zero-order valence-electron chi connectivity index (χ0n) is 16.3. The van der Waals surface area contributed by atoms with E-state index in [1.54, 1.807) is 13.0 Å². The van der Waals surface area contributed by atoms with Crippen molar-refractivity contribution in [1.29, 1.82) is 0 Å². The molecule has 0 aliphatic carbocycles. The lowest BCUT2D eigenvalue weighted by Crippen LogP contribution is -2.64. The van der Waals surface area contributed by atoms with Crippen molar-refractivity contribution in [3.8, 4) is 5.75 Å². The van der Waals surface area contributed by atoms with Crippen molar-refractivity contribution in [2.24, 2.45) is 0 Å². The Kier molecular flexibility index (Phi) is 5.36. The minimum atomic E-state index is -1.13. The number of rotatable bonds is 5. The summed E-state index contributed by atoms with van der Waals surface area (Å²) >= 11 is 0. The van der Waals surface area contributed by atoms with Crippen LogP contribution >= 0.6 is 0 Å². The molecule has 3 rings (SSSR count). The Labute approximate surface area is 167 Å². The summed E-state index contributed by atoms with van der Waals surface area (Å²) in [5.41, 5.74) is -0.311. The number of nitrogens with zero attached hydrogens (tertiary/aromatic N) is 2. The molecule has 1 N–H and O–H groups in total. The van der Waals surface area contributed by atoms with Gasteiger partial charge < -0.3 is 15.0 Å². The van der Waals surface area contributed by atoms with Crippen molar-refractivity contribution in [1.82, 2.24) is 10.2 Å². The van der Waals surface area contributed by atoms with Crippen molar-refractivity contribution in [2.45, 2.75) is 18.9 Å². The summed E-state index contributed by atoms with van der Waals surface area (Å²) in [4.78, 5) is 38.0. The molecule has 1 saturated heterocycles. The maximum absolute atomic E-state index is 13.1. The second kappa shape index (κ2) is 7.75. The Morgan fingerprint density at radius 3 is 2.48 bits per heavy atom. The highest BCUT2D eigenvalue weighted by Gasteiger charge is 2.44. The Hall–Kier alpha value is -3.68. The Balaban J connectivity index is 2.00. The van der Waals surface area contributed by atoms with Gasteiger partial charge in [0.2, 0.25) is 0 Å². The molecule has 0 spiro atoms. The molecule has 1 atom stereocenters. The van der Waals surface area contributed by atoms with Crippen molar-refractivity contribution < 1.29 is 19.2 Å². The molecule has 2 aromatic carbocycles. The molecule has 8 nitrogen and oxygen atoms in total. The van der Waals surface area contributed by atoms with Gasteiger partial charge in [-0.25, -0.2) is 0 Å². The first kappa shape index (κ1) is 20.1. The average Bonchev–Trinajstić information content (AvgIpc) is 2.70. The van der Waals surface area contributed by atoms with Gasteiger partial charge in [0.1, 0.15) is 17.0 Å². The van der Waals surface area contributed by atoms with E-state index in [2.05, 4.69) is 5.32 Å². The van der Waals surface area contributed by atoms with Crippen LogP contribution in [0.15, 0.2) is 54.2 Å². The summed E-state index contributed by atoms with van der Waals surface area (Å²) < 4.78 is 5.21. The maximum atomic E-state index is 13.1. The fourth-order valence-corrected chi connectivity index (χ4v) is 3.44. The molecule has 1 heterocycles. The first-order valence-electron chi connectivity index (χ1n) is 8.94. The van der Waals surface area contributed by atoms with Gasteiger partial charge in [-0.1, -0.05) is 36.4 Å². The molecule has 0 radical (unpaired) electrons. The molecule has 1 aliphatic heterocycles. The number of carbonyl (C=O) groups excluding carboxylic acids is 2. The molecular formula is C21H21N3O5. The predicted octanol–water partition coefficient (Wildman–Crippen LogP) is 2.53. The highest BCUT2D eigenvalue weighted by molar-refractivity contribution is 6.09. The number of likely N-dealkylation sites (N-methyl/N-ethyl adjacent to an activating group) is 1. The van der Waals surface area contributed by atoms with Gasteiger partial charge in [0.25, 0.3) is 17.5 Å². The summed E-state index contributed by atoms with van der Waals surface area (Å²) in [6, 6.07) is 13.7. The second-order valence-corrected chi connectivity index (χ2v) is 6.99. The van der Waals surface area contributed by atoms with E-state index in [9.17, 15) is 19.7 Å². The second-order valence-electron chi connectivity index (χ2n) is 6.99. The number of nitro benzene ring substituents is 1. The van der Waals surface area contributed by atoms with Gasteiger partial charge in [-0.2, -0.15) is 0 Å². The molecule has 1 fully saturated rings. The Bertz CT molecular complexity index is 1000. The fourth-order valence-electron chi connectivity index (χ4n) is 3.44. The van der Waals surface area contributed by atoms with Crippen LogP contribution in [0.5, 0.6) is 5.75 Å². The third kappa shape index (κ3) is 3.82. The van der Waals surface area contributed by atoms with E-state index in [-0.39, 0.29) is 28.6 Å². The first-order valence-corrected chi connectivity index (χ1v) is 8.94. The molecule has 29 heavy (non-hydrogen) atoms. The van der Waals surface area contributed by atoms with Crippen molar-refractivity contribution in [2.75, 3.05) is 14.2 Å². The average molecular weight is 395 g/mol. The van der Waals surface area contributed by atoms with Crippen LogP contribution in [-0.4, -0.2) is 41.3 Å². The topological polar surface area (TPSA) is 102 Å². The quantitative estimate of drug-likeness (QED) is 0.476. The van der Waals surface area contributed by atoms with E-state index in [4.69, 9.17) is 4.74 Å². The van der Waals surface area contributed by atoms with Gasteiger partial charge in [0.05, 0.1) is 17.6 Å². The number of carbonyl (C=O) groups is 2. The maximum Gasteiger partial charge on any atom is 0.280 e. The van der Waals surface area contributed by atoms with E-state index in [0.29, 0.717) is 6.42 Å². The van der Waals surface area contributed by atoms with E-state index in [1.165, 1.54) is 37.3 Å². The van der Waals surface area contributed by atoms with E-state index in [1.807, 2.05) is 30.3 Å². The molecule has 1 aliphatic rings. The summed E-state index contributed by atoms with van der Waals surface area (Å²) in [5, 5.41) is 14.2. The lowest BCUT2D eigenvalue weighted by Gasteiger charge is -2.39. The zero-order chi connectivity index (χ0) is 21.2. The summed E-state index contributed by atoms with van der Waals surface area (Å²) in [5.74, 6) is -0.576. The molecule has 150 valence electrons. The van der Waals surface area contributed by atoms with Crippen LogP contribution in [0.3, 0.4) is 0 Å². The summed E-state index contributed by atoms with van der Waals surface area (Å²) in [7, 11) is 2.87. The third-order valence-corrected chi connectivity index (χ3v) is 4.90. The van der Waals surface area contributed by atoms with Gasteiger partial charge in [-0.05, 0) is 24.6 Å². The minimum Gasteiger partial charge on any atom is -0.496 e. The normalized spacial score (nSPS) is 20.5. The number of nitro groups is 1. The first-order chi connectivity index (χ1) is 13.8. The minimum absolute atomic E-state index is 0.00753. The Morgan fingerprint density at radius 1 is 1.17 bits per heavy atom. The van der Waals surface area contributed by atoms with Gasteiger partial charge >= 0.3 is 0 Å². The number of benzene rings is 2. The smallest absolute Gasteiger partial charge is 0.280 e. The van der Waals surface area contributed by atoms with Gasteiger partial charge in [0.15, 0.2) is 0 Å². The Morgan fingerprint density at radius 2 is 1.86 bits per heavy atom. The number of nitrogens with one attached hydrogen (secondary N) is 1. The third-order valence-electron chi connectivity index (χ3n) is 4.90. The number of piperazine rings is 1. The molecule has 0 bridgehead atoms. The zero-order valence-corrected chi connectivity index (χ0v) is 16.3. The van der Waals surface area contributed by atoms with Crippen LogP contribution in [-0.2, 0) is 16.0 Å². The number of amides is 2. The van der Waals surface area contributed by atoms with Gasteiger partial charge in [-0.3, -0.25) is 19.7 Å². The van der Waals surface area contributed by atoms with Crippen LogP contribution in [0.25, 0.3) is 6.08 Å². The number of hydrogen-bond donors (Lipinski definition) is 1. The summed E-state index contributed by atoms with van der Waals surface area (Å²) in [6.07, 6.45) is 1.64. The lowest BCUT2D eigenvalue weighted by molar-refractivity contribution is -0.385. The molecule has 8 heteroatoms. The fraction of sp³-hybridized carbons (Fsp3) is 0.238. The van der Waals surface area contributed by atoms with Gasteiger partial charge in [-0.15, -0.1) is 0 Å². The van der Waals surface area contributed by atoms with E-state index < -0.39 is 16.4 Å². The van der Waals surface area contributed by atoms with Gasteiger partial charge in [0, 0.05) is 19.5 Å². The number of ether oxygens (including phenoxy) is 1. The monoisotopic (exact) mass is 395 g/mol. The largest absolute Gasteiger partial charge is 0.496 e. The van der Waals surface area contributed by atoms with Crippen molar-refractivity contribution in [3.05, 3.63) is 75.5 Å². The highest BCUT2D eigenvalue weighted by Crippen LogP contribution is 2.32. The molecule has 1 unspecified atom stereocenters.